The minimum absolute atomic E-state index is 0.0780. The molecule has 1 aliphatic rings. The quantitative estimate of drug-likeness (QED) is 0.903. The van der Waals surface area contributed by atoms with Crippen LogP contribution in [0, 0.1) is 13.8 Å². The van der Waals surface area contributed by atoms with Crippen LogP contribution in [0.2, 0.25) is 0 Å². The van der Waals surface area contributed by atoms with Crippen molar-refractivity contribution >= 4 is 17.2 Å². The van der Waals surface area contributed by atoms with Gasteiger partial charge in [0.25, 0.3) is 0 Å². The van der Waals surface area contributed by atoms with Gasteiger partial charge in [-0.15, -0.1) is 11.3 Å². The molecule has 1 amide bonds. The van der Waals surface area contributed by atoms with Gasteiger partial charge in [-0.1, -0.05) is 0 Å². The van der Waals surface area contributed by atoms with Crippen molar-refractivity contribution in [2.45, 2.75) is 46.2 Å². The second-order valence-electron chi connectivity index (χ2n) is 6.69. The molecule has 0 spiro atoms. The molecule has 1 aliphatic heterocycles. The number of aromatic nitrogens is 2. The van der Waals surface area contributed by atoms with Crippen molar-refractivity contribution < 1.29 is 4.79 Å². The van der Waals surface area contributed by atoms with E-state index in [2.05, 4.69) is 33.7 Å². The fourth-order valence-electron chi connectivity index (χ4n) is 3.33. The fraction of sp³-hybridized carbons (Fsp3) is 0.556. The van der Waals surface area contributed by atoms with Gasteiger partial charge in [-0.05, 0) is 44.2 Å². The van der Waals surface area contributed by atoms with Gasteiger partial charge >= 0.3 is 0 Å². The second kappa shape index (κ2) is 7.07. The molecule has 0 aromatic carbocycles. The van der Waals surface area contributed by atoms with E-state index in [1.165, 1.54) is 10.4 Å². The van der Waals surface area contributed by atoms with Crippen LogP contribution in [0.5, 0.6) is 0 Å². The molecule has 2 aromatic rings. The van der Waals surface area contributed by atoms with E-state index in [-0.39, 0.29) is 5.91 Å². The van der Waals surface area contributed by atoms with Crippen molar-refractivity contribution in [2.24, 2.45) is 7.05 Å². The highest BCUT2D eigenvalue weighted by Gasteiger charge is 2.22. The summed E-state index contributed by atoms with van der Waals surface area (Å²) in [5, 5.41) is 9.65. The summed E-state index contributed by atoms with van der Waals surface area (Å²) in [7, 11) is 1.92. The molecule has 0 fully saturated rings. The van der Waals surface area contributed by atoms with Crippen LogP contribution in [-0.2, 0) is 31.2 Å². The first-order valence-corrected chi connectivity index (χ1v) is 9.38. The summed E-state index contributed by atoms with van der Waals surface area (Å²) in [6, 6.07) is 2.57. The Kier molecular flexibility index (Phi) is 5.06. The van der Waals surface area contributed by atoms with Gasteiger partial charge in [0, 0.05) is 48.9 Å². The summed E-state index contributed by atoms with van der Waals surface area (Å²) in [5.41, 5.74) is 4.51. The van der Waals surface area contributed by atoms with Crippen LogP contribution < -0.4 is 5.32 Å². The average molecular weight is 347 g/mol. The van der Waals surface area contributed by atoms with Crippen LogP contribution in [-0.4, -0.2) is 39.7 Å². The maximum atomic E-state index is 12.3. The third kappa shape index (κ3) is 3.54. The highest BCUT2D eigenvalue weighted by atomic mass is 32.1. The lowest BCUT2D eigenvalue weighted by atomic mass is 10.1. The summed E-state index contributed by atoms with van der Waals surface area (Å²) in [6.45, 7) is 8.93. The summed E-state index contributed by atoms with van der Waals surface area (Å²) < 4.78 is 1.84. The Hall–Kier alpha value is -1.66. The van der Waals surface area contributed by atoms with Crippen LogP contribution in [0.1, 0.15) is 34.3 Å². The van der Waals surface area contributed by atoms with Crippen molar-refractivity contribution in [1.29, 1.82) is 0 Å². The minimum Gasteiger partial charge on any atom is -0.354 e. The predicted octanol–water partition coefficient (Wildman–Crippen LogP) is 2.20. The van der Waals surface area contributed by atoms with Crippen LogP contribution in [0.15, 0.2) is 11.4 Å². The van der Waals surface area contributed by atoms with Gasteiger partial charge < -0.3 is 5.32 Å². The zero-order valence-corrected chi connectivity index (χ0v) is 15.7. The van der Waals surface area contributed by atoms with Crippen molar-refractivity contribution in [3.63, 3.8) is 0 Å². The number of amides is 1. The average Bonchev–Trinajstić information content (AvgIpc) is 3.12. The number of nitrogens with zero attached hydrogens (tertiary/aromatic N) is 3. The largest absolute Gasteiger partial charge is 0.354 e. The second-order valence-corrected chi connectivity index (χ2v) is 7.69. The van der Waals surface area contributed by atoms with Gasteiger partial charge in [-0.25, -0.2) is 0 Å². The zero-order chi connectivity index (χ0) is 17.3. The van der Waals surface area contributed by atoms with Gasteiger partial charge in [0.15, 0.2) is 0 Å². The molecule has 3 heterocycles. The molecule has 0 radical (unpaired) electrons. The Morgan fingerprint density at radius 2 is 2.25 bits per heavy atom. The molecule has 1 N–H and O–H groups in total. The molecule has 1 atom stereocenters. The van der Waals surface area contributed by atoms with Crippen molar-refractivity contribution in [2.75, 3.05) is 13.1 Å². The number of carbonyl (C=O) groups is 1. The summed E-state index contributed by atoms with van der Waals surface area (Å²) >= 11 is 1.86. The maximum Gasteiger partial charge on any atom is 0.224 e. The highest BCUT2D eigenvalue weighted by molar-refractivity contribution is 7.10. The third-order valence-corrected chi connectivity index (χ3v) is 6.07. The molecule has 0 saturated carbocycles. The molecular weight excluding hydrogens is 320 g/mol. The normalized spacial score (nSPS) is 16.0. The van der Waals surface area contributed by atoms with E-state index in [1.54, 1.807) is 0 Å². The van der Waals surface area contributed by atoms with Crippen LogP contribution in [0.25, 0.3) is 0 Å². The van der Waals surface area contributed by atoms with Crippen LogP contribution in [0.3, 0.4) is 0 Å². The fourth-order valence-corrected chi connectivity index (χ4v) is 4.22. The Morgan fingerprint density at radius 1 is 1.46 bits per heavy atom. The Labute approximate surface area is 147 Å². The number of hydrogen-bond donors (Lipinski definition) is 1. The molecule has 5 nitrogen and oxygen atoms in total. The van der Waals surface area contributed by atoms with E-state index in [4.69, 9.17) is 0 Å². The first-order valence-electron chi connectivity index (χ1n) is 8.50. The van der Waals surface area contributed by atoms with Gasteiger partial charge in [0.05, 0.1) is 12.1 Å². The number of rotatable bonds is 5. The van der Waals surface area contributed by atoms with E-state index in [9.17, 15) is 4.79 Å². The molecule has 6 heteroatoms. The molecule has 0 bridgehead atoms. The summed E-state index contributed by atoms with van der Waals surface area (Å²) in [4.78, 5) is 16.3. The standard InChI is InChI=1S/C18H26N4OS/c1-12(22-7-5-17-15(11-22)6-8-24-17)10-19-18(23)9-16-13(2)20-21(4)14(16)3/h6,8,12H,5,7,9-11H2,1-4H3,(H,19,23). The zero-order valence-electron chi connectivity index (χ0n) is 14.9. The Morgan fingerprint density at radius 3 is 2.96 bits per heavy atom. The first kappa shape index (κ1) is 17.2. The summed E-state index contributed by atoms with van der Waals surface area (Å²) in [6.07, 6.45) is 1.53. The van der Waals surface area contributed by atoms with E-state index >= 15 is 0 Å². The van der Waals surface area contributed by atoms with E-state index in [0.29, 0.717) is 19.0 Å². The molecule has 130 valence electrons. The highest BCUT2D eigenvalue weighted by Crippen LogP contribution is 2.25. The predicted molar refractivity (Wildman–Crippen MR) is 97.3 cm³/mol. The summed E-state index contributed by atoms with van der Waals surface area (Å²) in [5.74, 6) is 0.0780. The third-order valence-electron chi connectivity index (χ3n) is 5.05. The number of carbonyl (C=O) groups excluding carboxylic acids is 1. The van der Waals surface area contributed by atoms with Crippen molar-refractivity contribution in [1.82, 2.24) is 20.0 Å². The number of nitrogens with one attached hydrogen (secondary N) is 1. The molecular formula is C18H26N4OS. The van der Waals surface area contributed by atoms with Gasteiger partial charge in [0.1, 0.15) is 0 Å². The smallest absolute Gasteiger partial charge is 0.224 e. The van der Waals surface area contributed by atoms with E-state index < -0.39 is 0 Å². The maximum absolute atomic E-state index is 12.3. The van der Waals surface area contributed by atoms with Crippen LogP contribution >= 0.6 is 11.3 Å². The lowest BCUT2D eigenvalue weighted by molar-refractivity contribution is -0.120. The molecule has 3 rings (SSSR count). The van der Waals surface area contributed by atoms with Gasteiger partial charge in [-0.2, -0.15) is 5.10 Å². The number of thiophene rings is 1. The van der Waals surface area contributed by atoms with E-state index in [1.807, 2.05) is 36.9 Å². The first-order chi connectivity index (χ1) is 11.5. The lowest BCUT2D eigenvalue weighted by Crippen LogP contribution is -2.44. The molecule has 2 aromatic heterocycles. The van der Waals surface area contributed by atoms with Gasteiger partial charge in [0.2, 0.25) is 5.91 Å². The SMILES string of the molecule is Cc1nn(C)c(C)c1CC(=O)NCC(C)N1CCc2sccc2C1. The molecule has 24 heavy (non-hydrogen) atoms. The molecule has 0 saturated heterocycles. The molecule has 0 aliphatic carbocycles. The van der Waals surface area contributed by atoms with Crippen molar-refractivity contribution in [3.8, 4) is 0 Å². The lowest BCUT2D eigenvalue weighted by Gasteiger charge is -2.32. The number of hydrogen-bond acceptors (Lipinski definition) is 4. The van der Waals surface area contributed by atoms with Crippen LogP contribution in [0.4, 0.5) is 0 Å². The number of fused-ring (bicyclic) bond motifs is 1. The topological polar surface area (TPSA) is 50.2 Å². The van der Waals surface area contributed by atoms with Crippen molar-refractivity contribution in [3.05, 3.63) is 38.8 Å². The Balaban J connectivity index is 1.51. The van der Waals surface area contributed by atoms with Gasteiger partial charge in [-0.3, -0.25) is 14.4 Å². The van der Waals surface area contributed by atoms with E-state index in [0.717, 1.165) is 36.5 Å². The monoisotopic (exact) mass is 346 g/mol. The molecule has 1 unspecified atom stereocenters. The minimum atomic E-state index is 0.0780. The number of aryl methyl sites for hydroxylation is 2. The Bertz CT molecular complexity index is 733.